The van der Waals surface area contributed by atoms with Gasteiger partial charge in [0.15, 0.2) is 5.84 Å². The van der Waals surface area contributed by atoms with Gasteiger partial charge in [0, 0.05) is 19.2 Å². The number of nitrogens with one attached hydrogen (secondary N) is 2. The molecule has 0 spiro atoms. The Bertz CT molecular complexity index is 603. The maximum Gasteiger partial charge on any atom is 0.201 e. The molecule has 0 aromatic heterocycles. The van der Waals surface area contributed by atoms with E-state index in [9.17, 15) is 4.39 Å². The molecule has 0 amide bonds. The molecule has 21 heavy (non-hydrogen) atoms. The number of nitrogens with zero attached hydrogens (tertiary/aromatic N) is 3. The van der Waals surface area contributed by atoms with Crippen molar-refractivity contribution in [3.05, 3.63) is 24.0 Å². The lowest BCUT2D eigenvalue weighted by molar-refractivity contribution is 0.122. The Morgan fingerprint density at radius 3 is 2.76 bits per heavy atom. The first kappa shape index (κ1) is 14.7. The molecule has 0 saturated carbocycles. The molecule has 8 heteroatoms. The first-order valence-electron chi connectivity index (χ1n) is 6.32. The molecule has 4 N–H and O–H groups in total. The number of amidine groups is 1. The summed E-state index contributed by atoms with van der Waals surface area (Å²) in [6, 6.07) is 6.24. The van der Waals surface area contributed by atoms with E-state index in [1.54, 1.807) is 18.2 Å². The largest absolute Gasteiger partial charge is 0.382 e. The summed E-state index contributed by atoms with van der Waals surface area (Å²) < 4.78 is 19.3. The highest BCUT2D eigenvalue weighted by atomic mass is 19.1. The molecule has 0 aliphatic carbocycles. The Labute approximate surface area is 121 Å². The average Bonchev–Trinajstić information content (AvgIpc) is 2.48. The number of ether oxygens (including phenoxy) is 1. The fourth-order valence-electron chi connectivity index (χ4n) is 1.90. The molecule has 0 radical (unpaired) electrons. The fraction of sp³-hybridized carbons (Fsp3) is 0.308. The van der Waals surface area contributed by atoms with Gasteiger partial charge in [-0.05, 0) is 12.1 Å². The molecule has 0 bridgehead atoms. The van der Waals surface area contributed by atoms with Gasteiger partial charge in [0.2, 0.25) is 5.71 Å². The van der Waals surface area contributed by atoms with Gasteiger partial charge in [0.25, 0.3) is 0 Å². The van der Waals surface area contributed by atoms with Gasteiger partial charge in [-0.15, -0.1) is 0 Å². The third-order valence-electron chi connectivity index (χ3n) is 2.96. The van der Waals surface area contributed by atoms with E-state index < -0.39 is 11.7 Å². The highest BCUT2D eigenvalue weighted by Crippen LogP contribution is 2.23. The SMILES string of the molecule is N#C/C(=N\Nc1ccc(N2CCOCC2)c(F)c1)C(=N)N. The molecular formula is C13H15FN6O. The van der Waals surface area contributed by atoms with Gasteiger partial charge < -0.3 is 15.4 Å². The van der Waals surface area contributed by atoms with Crippen molar-refractivity contribution in [2.24, 2.45) is 10.8 Å². The van der Waals surface area contributed by atoms with E-state index in [1.807, 2.05) is 4.90 Å². The molecule has 1 aliphatic heterocycles. The van der Waals surface area contributed by atoms with E-state index in [-0.39, 0.29) is 5.71 Å². The lowest BCUT2D eigenvalue weighted by Crippen LogP contribution is -2.36. The Balaban J connectivity index is 2.12. The number of anilines is 2. The van der Waals surface area contributed by atoms with E-state index in [0.717, 1.165) is 0 Å². The van der Waals surface area contributed by atoms with Crippen LogP contribution in [0.25, 0.3) is 0 Å². The molecule has 1 fully saturated rings. The highest BCUT2D eigenvalue weighted by molar-refractivity contribution is 6.45. The van der Waals surface area contributed by atoms with Crippen LogP contribution in [0.3, 0.4) is 0 Å². The van der Waals surface area contributed by atoms with Crippen LogP contribution in [0.1, 0.15) is 0 Å². The van der Waals surface area contributed by atoms with E-state index in [1.165, 1.54) is 6.07 Å². The summed E-state index contributed by atoms with van der Waals surface area (Å²) in [6.45, 7) is 2.44. The Kier molecular flexibility index (Phi) is 4.68. The number of nitrogens with two attached hydrogens (primary N) is 1. The van der Waals surface area contributed by atoms with Gasteiger partial charge in [-0.3, -0.25) is 10.8 Å². The Morgan fingerprint density at radius 2 is 2.19 bits per heavy atom. The minimum Gasteiger partial charge on any atom is -0.382 e. The summed E-state index contributed by atoms with van der Waals surface area (Å²) in [6.07, 6.45) is 0. The van der Waals surface area contributed by atoms with Crippen molar-refractivity contribution in [2.45, 2.75) is 0 Å². The van der Waals surface area contributed by atoms with E-state index in [4.69, 9.17) is 21.1 Å². The van der Waals surface area contributed by atoms with Crippen LogP contribution < -0.4 is 16.1 Å². The van der Waals surface area contributed by atoms with Gasteiger partial charge in [-0.25, -0.2) is 4.39 Å². The first-order valence-corrected chi connectivity index (χ1v) is 6.32. The third-order valence-corrected chi connectivity index (χ3v) is 2.96. The zero-order chi connectivity index (χ0) is 15.2. The van der Waals surface area contributed by atoms with E-state index in [0.29, 0.717) is 37.7 Å². The summed E-state index contributed by atoms with van der Waals surface area (Å²) >= 11 is 0. The minimum absolute atomic E-state index is 0.257. The number of hydrogen-bond acceptors (Lipinski definition) is 6. The third kappa shape index (κ3) is 3.67. The zero-order valence-electron chi connectivity index (χ0n) is 11.3. The highest BCUT2D eigenvalue weighted by Gasteiger charge is 2.15. The van der Waals surface area contributed by atoms with Crippen LogP contribution in [0.4, 0.5) is 15.8 Å². The number of hydrogen-bond donors (Lipinski definition) is 3. The monoisotopic (exact) mass is 290 g/mol. The average molecular weight is 290 g/mol. The standard InChI is InChI=1S/C13H15FN6O/c14-10-7-9(18-19-11(8-15)13(16)17)1-2-12(10)20-3-5-21-6-4-20/h1-2,7,18H,3-6H2,(H3,16,17)/b19-11+. The molecule has 1 aromatic carbocycles. The van der Waals surface area contributed by atoms with Crippen LogP contribution in [-0.4, -0.2) is 37.9 Å². The number of benzene rings is 1. The smallest absolute Gasteiger partial charge is 0.201 e. The molecule has 1 saturated heterocycles. The number of hydrazone groups is 1. The number of rotatable bonds is 4. The topological polar surface area (TPSA) is 111 Å². The maximum absolute atomic E-state index is 14.1. The van der Waals surface area contributed by atoms with Crippen LogP contribution in [0, 0.1) is 22.6 Å². The van der Waals surface area contributed by atoms with Gasteiger partial charge in [-0.2, -0.15) is 10.4 Å². The van der Waals surface area contributed by atoms with Crippen LogP contribution in [0.15, 0.2) is 23.3 Å². The lowest BCUT2D eigenvalue weighted by Gasteiger charge is -2.29. The summed E-state index contributed by atoms with van der Waals surface area (Å²) in [7, 11) is 0. The Morgan fingerprint density at radius 1 is 1.48 bits per heavy atom. The van der Waals surface area contributed by atoms with Crippen LogP contribution in [0.2, 0.25) is 0 Å². The van der Waals surface area contributed by atoms with Gasteiger partial charge in [0.1, 0.15) is 11.9 Å². The van der Waals surface area contributed by atoms with Crippen LogP contribution in [-0.2, 0) is 4.74 Å². The Hall–Kier alpha value is -2.66. The molecule has 2 rings (SSSR count). The summed E-state index contributed by atoms with van der Waals surface area (Å²) in [4.78, 5) is 1.90. The zero-order valence-corrected chi connectivity index (χ0v) is 11.3. The summed E-state index contributed by atoms with van der Waals surface area (Å²) in [5, 5.41) is 19.5. The lowest BCUT2D eigenvalue weighted by atomic mass is 10.2. The summed E-state index contributed by atoms with van der Waals surface area (Å²) in [5.41, 5.74) is 8.29. The molecule has 1 aliphatic rings. The van der Waals surface area contributed by atoms with Gasteiger partial charge in [0.05, 0.1) is 24.6 Å². The van der Waals surface area contributed by atoms with E-state index >= 15 is 0 Å². The number of halogens is 1. The molecule has 110 valence electrons. The molecule has 7 nitrogen and oxygen atoms in total. The quantitative estimate of drug-likeness (QED) is 0.433. The molecular weight excluding hydrogens is 275 g/mol. The van der Waals surface area contributed by atoms with Crippen molar-refractivity contribution in [2.75, 3.05) is 36.6 Å². The van der Waals surface area contributed by atoms with Gasteiger partial charge >= 0.3 is 0 Å². The van der Waals surface area contributed by atoms with Gasteiger partial charge in [-0.1, -0.05) is 0 Å². The van der Waals surface area contributed by atoms with Crippen molar-refractivity contribution in [3.63, 3.8) is 0 Å². The predicted octanol–water partition coefficient (Wildman–Crippen LogP) is 0.890. The fourth-order valence-corrected chi connectivity index (χ4v) is 1.90. The second-order valence-corrected chi connectivity index (χ2v) is 4.36. The van der Waals surface area contributed by atoms with Crippen LogP contribution >= 0.6 is 0 Å². The normalized spacial score (nSPS) is 15.4. The van der Waals surface area contributed by atoms with Crippen molar-refractivity contribution in [1.82, 2.24) is 0 Å². The van der Waals surface area contributed by atoms with Crippen molar-refractivity contribution < 1.29 is 9.13 Å². The predicted molar refractivity (Wildman–Crippen MR) is 78.0 cm³/mol. The van der Waals surface area contributed by atoms with Crippen molar-refractivity contribution in [1.29, 1.82) is 10.7 Å². The minimum atomic E-state index is -0.449. The van der Waals surface area contributed by atoms with Crippen molar-refractivity contribution >= 4 is 22.9 Å². The maximum atomic E-state index is 14.1. The first-order chi connectivity index (χ1) is 10.1. The second kappa shape index (κ2) is 6.67. The summed E-state index contributed by atoms with van der Waals surface area (Å²) in [5.74, 6) is -0.839. The van der Waals surface area contributed by atoms with Crippen molar-refractivity contribution in [3.8, 4) is 6.07 Å². The van der Waals surface area contributed by atoms with Crippen LogP contribution in [0.5, 0.6) is 0 Å². The molecule has 0 unspecified atom stereocenters. The van der Waals surface area contributed by atoms with E-state index in [2.05, 4.69) is 10.5 Å². The molecule has 0 atom stereocenters. The molecule has 1 aromatic rings. The number of morpholine rings is 1. The number of nitriles is 1. The molecule has 1 heterocycles. The second-order valence-electron chi connectivity index (χ2n) is 4.36.